The minimum Gasteiger partial charge on any atom is -0.352 e. The average Bonchev–Trinajstić information content (AvgIpc) is 2.21. The van der Waals surface area contributed by atoms with Gasteiger partial charge in [-0.15, -0.1) is 0 Å². The highest BCUT2D eigenvalue weighted by Crippen LogP contribution is 2.17. The summed E-state index contributed by atoms with van der Waals surface area (Å²) in [6.07, 6.45) is 8.80. The number of amides is 1. The number of nitrogens with one attached hydrogen (secondary N) is 2. The number of hydrogen-bond acceptors (Lipinski definition) is 2. The Morgan fingerprint density at radius 3 is 2.06 bits per heavy atom. The van der Waals surface area contributed by atoms with E-state index in [1.807, 2.05) is 20.9 Å². The summed E-state index contributed by atoms with van der Waals surface area (Å²) < 4.78 is 0. The predicted octanol–water partition coefficient (Wildman–Crippen LogP) is 2.21. The van der Waals surface area contributed by atoms with Crippen LogP contribution in [0.1, 0.15) is 58.8 Å². The van der Waals surface area contributed by atoms with Crippen LogP contribution in [0, 0.1) is 0 Å². The Bertz CT molecular complexity index is 218. The van der Waals surface area contributed by atoms with Crippen LogP contribution in [0.3, 0.4) is 0 Å². The monoisotopic (exact) mass is 226 g/mol. The fourth-order valence-electron chi connectivity index (χ4n) is 2.08. The minimum atomic E-state index is -0.456. The molecule has 0 saturated heterocycles. The van der Waals surface area contributed by atoms with Crippen molar-refractivity contribution in [2.45, 2.75) is 70.4 Å². The summed E-state index contributed by atoms with van der Waals surface area (Å²) >= 11 is 0. The number of carbonyl (C=O) groups excluding carboxylic acids is 1. The van der Waals surface area contributed by atoms with Crippen LogP contribution in [0.4, 0.5) is 0 Å². The van der Waals surface area contributed by atoms with Crippen molar-refractivity contribution in [2.75, 3.05) is 7.05 Å². The first-order chi connectivity index (χ1) is 7.56. The third-order valence-corrected chi connectivity index (χ3v) is 3.63. The van der Waals surface area contributed by atoms with E-state index in [-0.39, 0.29) is 5.91 Å². The van der Waals surface area contributed by atoms with Crippen molar-refractivity contribution >= 4 is 5.91 Å². The summed E-state index contributed by atoms with van der Waals surface area (Å²) in [5.74, 6) is 0.126. The van der Waals surface area contributed by atoms with Crippen molar-refractivity contribution in [1.29, 1.82) is 0 Å². The van der Waals surface area contributed by atoms with E-state index in [1.54, 1.807) is 0 Å². The zero-order valence-corrected chi connectivity index (χ0v) is 10.9. The highest BCUT2D eigenvalue weighted by Gasteiger charge is 2.27. The van der Waals surface area contributed by atoms with Crippen LogP contribution in [0.5, 0.6) is 0 Å². The lowest BCUT2D eigenvalue weighted by atomic mass is 9.95. The first-order valence-corrected chi connectivity index (χ1v) is 6.56. The molecule has 0 aromatic carbocycles. The maximum Gasteiger partial charge on any atom is 0.239 e. The van der Waals surface area contributed by atoms with Gasteiger partial charge in [0.15, 0.2) is 0 Å². The molecule has 16 heavy (non-hydrogen) atoms. The van der Waals surface area contributed by atoms with Gasteiger partial charge < -0.3 is 10.6 Å². The van der Waals surface area contributed by atoms with Gasteiger partial charge in [-0.05, 0) is 33.7 Å². The Balaban J connectivity index is 2.42. The van der Waals surface area contributed by atoms with E-state index in [0.717, 1.165) is 12.8 Å². The van der Waals surface area contributed by atoms with Crippen LogP contribution in [0.2, 0.25) is 0 Å². The summed E-state index contributed by atoms with van der Waals surface area (Å²) in [5.41, 5.74) is -0.456. The Kier molecular flexibility index (Phi) is 5.26. The van der Waals surface area contributed by atoms with Crippen molar-refractivity contribution in [3.05, 3.63) is 0 Å². The topological polar surface area (TPSA) is 41.1 Å². The standard InChI is InChI=1S/C13H26N2O/c1-13(2,14-3)12(16)15-11-9-7-5-4-6-8-10-11/h11,14H,4-10H2,1-3H3,(H,15,16). The van der Waals surface area contributed by atoms with Gasteiger partial charge in [0.2, 0.25) is 5.91 Å². The number of carbonyl (C=O) groups is 1. The Hall–Kier alpha value is -0.570. The van der Waals surface area contributed by atoms with Crippen LogP contribution in [0.25, 0.3) is 0 Å². The number of rotatable bonds is 3. The molecule has 3 heteroatoms. The van der Waals surface area contributed by atoms with Gasteiger partial charge in [-0.25, -0.2) is 0 Å². The lowest BCUT2D eigenvalue weighted by Crippen LogP contribution is -2.53. The van der Waals surface area contributed by atoms with Gasteiger partial charge in [0.05, 0.1) is 5.54 Å². The van der Waals surface area contributed by atoms with E-state index < -0.39 is 5.54 Å². The van der Waals surface area contributed by atoms with E-state index >= 15 is 0 Å². The molecule has 1 saturated carbocycles. The molecule has 1 fully saturated rings. The summed E-state index contributed by atoms with van der Waals surface area (Å²) in [6.45, 7) is 3.84. The van der Waals surface area contributed by atoms with Crippen molar-refractivity contribution in [3.8, 4) is 0 Å². The molecule has 3 nitrogen and oxygen atoms in total. The Morgan fingerprint density at radius 2 is 1.56 bits per heavy atom. The molecule has 1 rings (SSSR count). The summed E-state index contributed by atoms with van der Waals surface area (Å²) in [7, 11) is 1.83. The van der Waals surface area contributed by atoms with Crippen LogP contribution in [-0.4, -0.2) is 24.5 Å². The Morgan fingerprint density at radius 1 is 1.06 bits per heavy atom. The maximum absolute atomic E-state index is 12.0. The quantitative estimate of drug-likeness (QED) is 0.774. The van der Waals surface area contributed by atoms with Gasteiger partial charge >= 0.3 is 0 Å². The van der Waals surface area contributed by atoms with Crippen molar-refractivity contribution in [2.24, 2.45) is 0 Å². The minimum absolute atomic E-state index is 0.126. The van der Waals surface area contributed by atoms with E-state index in [2.05, 4.69) is 10.6 Å². The molecule has 0 bridgehead atoms. The molecule has 94 valence electrons. The normalized spacial score (nSPS) is 19.9. The molecule has 0 aromatic heterocycles. The lowest BCUT2D eigenvalue weighted by molar-refractivity contribution is -0.127. The first-order valence-electron chi connectivity index (χ1n) is 6.56. The highest BCUT2D eigenvalue weighted by molar-refractivity contribution is 5.85. The molecular formula is C13H26N2O. The molecule has 0 heterocycles. The molecule has 1 aliphatic carbocycles. The molecule has 0 aliphatic heterocycles. The van der Waals surface area contributed by atoms with Crippen molar-refractivity contribution < 1.29 is 4.79 Å². The zero-order chi connectivity index (χ0) is 12.0. The van der Waals surface area contributed by atoms with Crippen LogP contribution >= 0.6 is 0 Å². The third kappa shape index (κ3) is 4.12. The SMILES string of the molecule is CNC(C)(C)C(=O)NC1CCCCCCC1. The van der Waals surface area contributed by atoms with Gasteiger partial charge in [-0.3, -0.25) is 4.79 Å². The van der Waals surface area contributed by atoms with Crippen molar-refractivity contribution in [3.63, 3.8) is 0 Å². The molecule has 0 aromatic rings. The predicted molar refractivity (Wildman–Crippen MR) is 67.4 cm³/mol. The molecule has 0 spiro atoms. The molecule has 0 atom stereocenters. The molecule has 1 amide bonds. The maximum atomic E-state index is 12.0. The fourth-order valence-corrected chi connectivity index (χ4v) is 2.08. The summed E-state index contributed by atoms with van der Waals surface area (Å²) in [4.78, 5) is 12.0. The Labute approximate surface area is 99.4 Å². The highest BCUT2D eigenvalue weighted by atomic mass is 16.2. The fraction of sp³-hybridized carbons (Fsp3) is 0.923. The number of likely N-dealkylation sites (N-methyl/N-ethyl adjacent to an activating group) is 1. The van der Waals surface area contributed by atoms with Gasteiger partial charge in [-0.2, -0.15) is 0 Å². The number of hydrogen-bond donors (Lipinski definition) is 2. The van der Waals surface area contributed by atoms with E-state index in [0.29, 0.717) is 6.04 Å². The van der Waals surface area contributed by atoms with Gasteiger partial charge in [0, 0.05) is 6.04 Å². The smallest absolute Gasteiger partial charge is 0.239 e. The molecule has 1 aliphatic rings. The molecular weight excluding hydrogens is 200 g/mol. The lowest BCUT2D eigenvalue weighted by Gasteiger charge is -2.28. The zero-order valence-electron chi connectivity index (χ0n) is 10.9. The van der Waals surface area contributed by atoms with Gasteiger partial charge in [0.1, 0.15) is 0 Å². The van der Waals surface area contributed by atoms with Gasteiger partial charge in [0.25, 0.3) is 0 Å². The first kappa shape index (κ1) is 13.5. The van der Waals surface area contributed by atoms with Crippen molar-refractivity contribution in [1.82, 2.24) is 10.6 Å². The largest absolute Gasteiger partial charge is 0.352 e. The second-order valence-corrected chi connectivity index (χ2v) is 5.39. The van der Waals surface area contributed by atoms with E-state index in [4.69, 9.17) is 0 Å². The molecule has 2 N–H and O–H groups in total. The van der Waals surface area contributed by atoms with E-state index in [1.165, 1.54) is 32.1 Å². The molecule has 0 unspecified atom stereocenters. The van der Waals surface area contributed by atoms with Crippen LogP contribution < -0.4 is 10.6 Å². The second kappa shape index (κ2) is 6.24. The van der Waals surface area contributed by atoms with Gasteiger partial charge in [-0.1, -0.05) is 32.1 Å². The average molecular weight is 226 g/mol. The van der Waals surface area contributed by atoms with E-state index in [9.17, 15) is 4.79 Å². The third-order valence-electron chi connectivity index (χ3n) is 3.63. The molecule has 0 radical (unpaired) electrons. The second-order valence-electron chi connectivity index (χ2n) is 5.39. The van der Waals surface area contributed by atoms with Crippen LogP contribution in [-0.2, 0) is 4.79 Å². The summed E-state index contributed by atoms with van der Waals surface area (Å²) in [6, 6.07) is 0.389. The summed E-state index contributed by atoms with van der Waals surface area (Å²) in [5, 5.41) is 6.22. The van der Waals surface area contributed by atoms with Crippen LogP contribution in [0.15, 0.2) is 0 Å².